The van der Waals surface area contributed by atoms with Crippen LogP contribution in [0.25, 0.3) is 0 Å². The highest BCUT2D eigenvalue weighted by Crippen LogP contribution is 2.13. The van der Waals surface area contributed by atoms with Crippen LogP contribution in [0.5, 0.6) is 0 Å². The molecule has 0 radical (unpaired) electrons. The predicted octanol–water partition coefficient (Wildman–Crippen LogP) is 2.65. The molecule has 0 aromatic heterocycles. The van der Waals surface area contributed by atoms with Crippen molar-refractivity contribution in [2.24, 2.45) is 10.9 Å². The van der Waals surface area contributed by atoms with E-state index in [1.54, 1.807) is 0 Å². The number of nitrogens with zero attached hydrogens (tertiary/aromatic N) is 3. The first-order valence-corrected chi connectivity index (χ1v) is 7.57. The van der Waals surface area contributed by atoms with Crippen LogP contribution in [0.4, 0.5) is 5.69 Å². The van der Waals surface area contributed by atoms with Crippen LogP contribution in [0.1, 0.15) is 25.8 Å². The van der Waals surface area contributed by atoms with E-state index in [-0.39, 0.29) is 5.91 Å². The molecule has 1 aromatic rings. The molecule has 0 heterocycles. The van der Waals surface area contributed by atoms with Crippen molar-refractivity contribution in [2.75, 3.05) is 33.5 Å². The fourth-order valence-corrected chi connectivity index (χ4v) is 2.18. The van der Waals surface area contributed by atoms with Gasteiger partial charge in [0, 0.05) is 40.3 Å². The molecule has 22 heavy (non-hydrogen) atoms. The van der Waals surface area contributed by atoms with Gasteiger partial charge >= 0.3 is 0 Å². The number of nitrogens with one attached hydrogen (secondary N) is 1. The minimum Gasteiger partial charge on any atom is -0.349 e. The number of hydrogen-bond donors (Lipinski definition) is 1. The van der Waals surface area contributed by atoms with Crippen LogP contribution in [-0.4, -0.2) is 49.9 Å². The summed E-state index contributed by atoms with van der Waals surface area (Å²) < 4.78 is 0. The summed E-state index contributed by atoms with van der Waals surface area (Å²) in [4.78, 5) is 20.4. The molecule has 1 aromatic carbocycles. The van der Waals surface area contributed by atoms with Gasteiger partial charge < -0.3 is 15.1 Å². The summed E-state index contributed by atoms with van der Waals surface area (Å²) >= 11 is 0. The van der Waals surface area contributed by atoms with Gasteiger partial charge in [-0.2, -0.15) is 0 Å². The standard InChI is InChI=1S/C17H28N4O/c1-13(2)10-16(22)19-15-9-7-8-14(11-15)12-18-17(20(3)4)21(5)6/h7-9,11,13H,10,12H2,1-6H3,(H,19,22). The van der Waals surface area contributed by atoms with E-state index in [1.807, 2.05) is 76.1 Å². The monoisotopic (exact) mass is 304 g/mol. The fourth-order valence-electron chi connectivity index (χ4n) is 2.18. The van der Waals surface area contributed by atoms with Gasteiger partial charge in [0.15, 0.2) is 5.96 Å². The smallest absolute Gasteiger partial charge is 0.224 e. The Morgan fingerprint density at radius 1 is 1.18 bits per heavy atom. The number of hydrogen-bond acceptors (Lipinski definition) is 2. The summed E-state index contributed by atoms with van der Waals surface area (Å²) in [6.07, 6.45) is 0.536. The SMILES string of the molecule is CC(C)CC(=O)Nc1cccc(CN=C(N(C)C)N(C)C)c1. The molecular formula is C17H28N4O. The Morgan fingerprint density at radius 3 is 2.36 bits per heavy atom. The highest BCUT2D eigenvalue weighted by atomic mass is 16.1. The van der Waals surface area contributed by atoms with Gasteiger partial charge in [0.1, 0.15) is 0 Å². The quantitative estimate of drug-likeness (QED) is 0.672. The predicted molar refractivity (Wildman–Crippen MR) is 93.0 cm³/mol. The van der Waals surface area contributed by atoms with E-state index in [0.717, 1.165) is 17.2 Å². The van der Waals surface area contributed by atoms with Gasteiger partial charge in [-0.3, -0.25) is 4.79 Å². The van der Waals surface area contributed by atoms with E-state index in [4.69, 9.17) is 0 Å². The average Bonchev–Trinajstić information content (AvgIpc) is 2.37. The number of aliphatic imine (C=N–C) groups is 1. The summed E-state index contributed by atoms with van der Waals surface area (Å²) in [5.74, 6) is 1.32. The Hall–Kier alpha value is -2.04. The maximum Gasteiger partial charge on any atom is 0.224 e. The van der Waals surface area contributed by atoms with Crippen LogP contribution in [-0.2, 0) is 11.3 Å². The Morgan fingerprint density at radius 2 is 1.82 bits per heavy atom. The highest BCUT2D eigenvalue weighted by Gasteiger charge is 2.06. The van der Waals surface area contributed by atoms with Gasteiger partial charge in [-0.15, -0.1) is 0 Å². The van der Waals surface area contributed by atoms with Crippen molar-refractivity contribution in [3.8, 4) is 0 Å². The summed E-state index contributed by atoms with van der Waals surface area (Å²) in [6.45, 7) is 4.66. The van der Waals surface area contributed by atoms with E-state index in [0.29, 0.717) is 18.9 Å². The number of carbonyl (C=O) groups is 1. The third-order valence-corrected chi connectivity index (χ3v) is 3.01. The molecule has 0 saturated heterocycles. The van der Waals surface area contributed by atoms with Gasteiger partial charge in [0.05, 0.1) is 6.54 Å². The van der Waals surface area contributed by atoms with Gasteiger partial charge in [-0.25, -0.2) is 4.99 Å². The van der Waals surface area contributed by atoms with E-state index < -0.39 is 0 Å². The molecule has 0 atom stereocenters. The molecule has 0 saturated carbocycles. The zero-order chi connectivity index (χ0) is 16.7. The minimum absolute atomic E-state index is 0.0536. The van der Waals surface area contributed by atoms with E-state index in [2.05, 4.69) is 10.3 Å². The first-order chi connectivity index (χ1) is 10.3. The number of carbonyl (C=O) groups excluding carboxylic acids is 1. The fraction of sp³-hybridized carbons (Fsp3) is 0.529. The summed E-state index contributed by atoms with van der Waals surface area (Å²) in [6, 6.07) is 7.85. The molecule has 0 bridgehead atoms. The van der Waals surface area contributed by atoms with Crippen LogP contribution in [0, 0.1) is 5.92 Å². The van der Waals surface area contributed by atoms with Crippen LogP contribution >= 0.6 is 0 Å². The molecule has 0 spiro atoms. The van der Waals surface area contributed by atoms with Crippen molar-refractivity contribution in [1.29, 1.82) is 0 Å². The number of benzene rings is 1. The number of guanidine groups is 1. The van der Waals surface area contributed by atoms with Gasteiger partial charge in [0.2, 0.25) is 5.91 Å². The average molecular weight is 304 g/mol. The lowest BCUT2D eigenvalue weighted by Gasteiger charge is -2.22. The first-order valence-electron chi connectivity index (χ1n) is 7.57. The van der Waals surface area contributed by atoms with Crippen molar-refractivity contribution in [3.05, 3.63) is 29.8 Å². The number of rotatable bonds is 5. The van der Waals surface area contributed by atoms with E-state index in [9.17, 15) is 4.79 Å². The molecule has 5 heteroatoms. The Bertz CT molecular complexity index is 511. The second kappa shape index (κ2) is 8.41. The minimum atomic E-state index is 0.0536. The molecule has 1 amide bonds. The lowest BCUT2D eigenvalue weighted by molar-refractivity contribution is -0.116. The summed E-state index contributed by atoms with van der Waals surface area (Å²) in [5, 5.41) is 2.94. The van der Waals surface area contributed by atoms with Crippen molar-refractivity contribution in [1.82, 2.24) is 9.80 Å². The largest absolute Gasteiger partial charge is 0.349 e. The molecule has 0 aliphatic carbocycles. The summed E-state index contributed by atoms with van der Waals surface area (Å²) in [7, 11) is 7.89. The molecule has 122 valence electrons. The molecule has 5 nitrogen and oxygen atoms in total. The second-order valence-electron chi connectivity index (χ2n) is 6.25. The lowest BCUT2D eigenvalue weighted by atomic mass is 10.1. The molecule has 0 aliphatic rings. The number of amides is 1. The summed E-state index contributed by atoms with van der Waals surface area (Å²) in [5.41, 5.74) is 1.90. The van der Waals surface area contributed by atoms with Crippen molar-refractivity contribution >= 4 is 17.6 Å². The van der Waals surface area contributed by atoms with Crippen molar-refractivity contribution < 1.29 is 4.79 Å². The van der Waals surface area contributed by atoms with E-state index >= 15 is 0 Å². The Kier molecular flexibility index (Phi) is 6.89. The Labute approximate surface area is 134 Å². The van der Waals surface area contributed by atoms with Crippen molar-refractivity contribution in [3.63, 3.8) is 0 Å². The van der Waals surface area contributed by atoms with Crippen LogP contribution < -0.4 is 5.32 Å². The normalized spacial score (nSPS) is 10.3. The molecule has 0 aliphatic heterocycles. The van der Waals surface area contributed by atoms with Crippen molar-refractivity contribution in [2.45, 2.75) is 26.8 Å². The number of anilines is 1. The highest BCUT2D eigenvalue weighted by molar-refractivity contribution is 5.90. The maximum absolute atomic E-state index is 11.8. The van der Waals surface area contributed by atoms with Crippen LogP contribution in [0.2, 0.25) is 0 Å². The molecule has 0 fully saturated rings. The zero-order valence-corrected chi connectivity index (χ0v) is 14.6. The molecular weight excluding hydrogens is 276 g/mol. The molecule has 1 N–H and O–H groups in total. The second-order valence-corrected chi connectivity index (χ2v) is 6.25. The lowest BCUT2D eigenvalue weighted by Crippen LogP contribution is -2.35. The topological polar surface area (TPSA) is 47.9 Å². The van der Waals surface area contributed by atoms with Crippen LogP contribution in [0.3, 0.4) is 0 Å². The van der Waals surface area contributed by atoms with E-state index in [1.165, 1.54) is 0 Å². The molecule has 1 rings (SSSR count). The van der Waals surface area contributed by atoms with Gasteiger partial charge in [-0.1, -0.05) is 26.0 Å². The third kappa shape index (κ3) is 6.16. The van der Waals surface area contributed by atoms with Crippen LogP contribution in [0.15, 0.2) is 29.3 Å². The molecule has 0 unspecified atom stereocenters. The Balaban J connectivity index is 2.76. The maximum atomic E-state index is 11.8. The zero-order valence-electron chi connectivity index (χ0n) is 14.6. The first kappa shape index (κ1) is 18.0. The van der Waals surface area contributed by atoms with Gasteiger partial charge in [-0.05, 0) is 23.6 Å². The third-order valence-electron chi connectivity index (χ3n) is 3.01. The van der Waals surface area contributed by atoms with Gasteiger partial charge in [0.25, 0.3) is 0 Å².